The maximum atomic E-state index is 13.2. The summed E-state index contributed by atoms with van der Waals surface area (Å²) in [7, 11) is 1.30. The smallest absolute Gasteiger partial charge is 0.340 e. The van der Waals surface area contributed by atoms with Crippen molar-refractivity contribution in [2.45, 2.75) is 13.5 Å². The molecule has 1 aliphatic rings. The Bertz CT molecular complexity index is 1160. The number of benzene rings is 2. The minimum absolute atomic E-state index is 0.229. The van der Waals surface area contributed by atoms with E-state index < -0.39 is 5.97 Å². The fourth-order valence-electron chi connectivity index (χ4n) is 3.44. The van der Waals surface area contributed by atoms with Gasteiger partial charge in [-0.2, -0.15) is 0 Å². The third-order valence-electron chi connectivity index (χ3n) is 4.94. The highest BCUT2D eigenvalue weighted by Crippen LogP contribution is 2.33. The van der Waals surface area contributed by atoms with Crippen LogP contribution in [0.25, 0.3) is 6.08 Å². The van der Waals surface area contributed by atoms with Crippen LogP contribution < -0.4 is 4.74 Å². The second-order valence-electron chi connectivity index (χ2n) is 6.97. The lowest BCUT2D eigenvalue weighted by atomic mass is 10.0. The highest BCUT2D eigenvalue weighted by Gasteiger charge is 2.37. The third kappa shape index (κ3) is 4.28. The lowest BCUT2D eigenvalue weighted by Crippen LogP contribution is -2.24. The molecule has 1 aromatic heterocycles. The van der Waals surface area contributed by atoms with Gasteiger partial charge in [-0.3, -0.25) is 4.79 Å². The van der Waals surface area contributed by atoms with Gasteiger partial charge in [0.1, 0.15) is 17.3 Å². The fraction of sp³-hybridized carbons (Fsp3) is 0.120. The first-order valence-electron chi connectivity index (χ1n) is 9.75. The third-order valence-corrected chi connectivity index (χ3v) is 4.94. The molecule has 3 aromatic rings. The number of hydrogen-bond donors (Lipinski definition) is 0. The molecule has 0 N–H and O–H groups in total. The van der Waals surface area contributed by atoms with Gasteiger partial charge in [0.05, 0.1) is 31.1 Å². The second-order valence-corrected chi connectivity index (χ2v) is 6.97. The van der Waals surface area contributed by atoms with Crippen LogP contribution in [-0.2, 0) is 20.9 Å². The molecule has 1 amide bonds. The Hall–Kier alpha value is -4.06. The van der Waals surface area contributed by atoms with Crippen molar-refractivity contribution >= 4 is 18.0 Å². The van der Waals surface area contributed by atoms with Gasteiger partial charge in [0.25, 0.3) is 5.91 Å². The maximum Gasteiger partial charge on any atom is 0.340 e. The molecule has 0 atom stereocenters. The van der Waals surface area contributed by atoms with E-state index in [4.69, 9.17) is 13.9 Å². The zero-order chi connectivity index (χ0) is 21.8. The van der Waals surface area contributed by atoms with Crippen LogP contribution in [0.1, 0.15) is 18.2 Å². The number of carbonyl (C=O) groups is 2. The average Bonchev–Trinajstić information content (AvgIpc) is 3.37. The first-order valence-corrected chi connectivity index (χ1v) is 9.75. The highest BCUT2D eigenvalue weighted by molar-refractivity contribution is 6.16. The van der Waals surface area contributed by atoms with Crippen molar-refractivity contribution in [3.8, 4) is 11.5 Å². The molecular weight excluding hydrogens is 394 g/mol. The zero-order valence-corrected chi connectivity index (χ0v) is 17.2. The SMILES string of the molecule is COC(=O)C1=C(C)N(Cc2ccco2)C(=O)/C1=C\c1cccc(Oc2ccccc2)c1. The van der Waals surface area contributed by atoms with Crippen LogP contribution in [0.3, 0.4) is 0 Å². The number of hydrogen-bond acceptors (Lipinski definition) is 5. The van der Waals surface area contributed by atoms with Crippen LogP contribution in [0.15, 0.2) is 94.3 Å². The van der Waals surface area contributed by atoms with Gasteiger partial charge in [-0.15, -0.1) is 0 Å². The number of amides is 1. The molecule has 4 rings (SSSR count). The molecule has 31 heavy (non-hydrogen) atoms. The molecule has 0 fully saturated rings. The topological polar surface area (TPSA) is 69.0 Å². The lowest BCUT2D eigenvalue weighted by molar-refractivity contribution is -0.136. The van der Waals surface area contributed by atoms with Crippen molar-refractivity contribution in [2.24, 2.45) is 0 Å². The molecule has 0 radical (unpaired) electrons. The van der Waals surface area contributed by atoms with E-state index in [0.29, 0.717) is 23.0 Å². The summed E-state index contributed by atoms with van der Waals surface area (Å²) in [5, 5.41) is 0. The van der Waals surface area contributed by atoms with Gasteiger partial charge in [0, 0.05) is 5.70 Å². The average molecular weight is 415 g/mol. The van der Waals surface area contributed by atoms with E-state index in [2.05, 4.69) is 0 Å². The Balaban J connectivity index is 1.67. The van der Waals surface area contributed by atoms with Crippen LogP contribution in [0.4, 0.5) is 0 Å². The number of ether oxygens (including phenoxy) is 2. The molecule has 0 saturated heterocycles. The van der Waals surface area contributed by atoms with Crippen molar-refractivity contribution in [3.63, 3.8) is 0 Å². The predicted octanol–water partition coefficient (Wildman–Crippen LogP) is 4.94. The van der Waals surface area contributed by atoms with Crippen LogP contribution in [-0.4, -0.2) is 23.9 Å². The molecule has 0 unspecified atom stereocenters. The molecule has 0 spiro atoms. The summed E-state index contributed by atoms with van der Waals surface area (Å²) in [5.41, 5.74) is 1.77. The second kappa shape index (κ2) is 8.75. The molecule has 2 heterocycles. The van der Waals surface area contributed by atoms with Gasteiger partial charge in [0.15, 0.2) is 0 Å². The molecule has 0 saturated carbocycles. The summed E-state index contributed by atoms with van der Waals surface area (Å²) < 4.78 is 16.2. The summed E-state index contributed by atoms with van der Waals surface area (Å²) in [5.74, 6) is 1.11. The Kier molecular flexibility index (Phi) is 5.71. The minimum atomic E-state index is -0.560. The summed E-state index contributed by atoms with van der Waals surface area (Å²) in [6.45, 7) is 1.95. The van der Waals surface area contributed by atoms with E-state index in [9.17, 15) is 9.59 Å². The lowest BCUT2D eigenvalue weighted by Gasteiger charge is -2.16. The molecule has 6 nitrogen and oxygen atoms in total. The number of nitrogens with zero attached hydrogens (tertiary/aromatic N) is 1. The Morgan fingerprint density at radius 2 is 1.81 bits per heavy atom. The van der Waals surface area contributed by atoms with E-state index >= 15 is 0 Å². The van der Waals surface area contributed by atoms with Gasteiger partial charge in [-0.05, 0) is 55.0 Å². The van der Waals surface area contributed by atoms with Gasteiger partial charge in [-0.25, -0.2) is 4.79 Å². The van der Waals surface area contributed by atoms with Crippen LogP contribution in [0.2, 0.25) is 0 Å². The van der Waals surface area contributed by atoms with Crippen molar-refractivity contribution in [1.29, 1.82) is 0 Å². The maximum absolute atomic E-state index is 13.2. The molecule has 1 aliphatic heterocycles. The van der Waals surface area contributed by atoms with Gasteiger partial charge < -0.3 is 18.8 Å². The van der Waals surface area contributed by atoms with Crippen molar-refractivity contribution < 1.29 is 23.5 Å². The van der Waals surface area contributed by atoms with Crippen LogP contribution in [0.5, 0.6) is 11.5 Å². The molecule has 156 valence electrons. The van der Waals surface area contributed by atoms with Crippen molar-refractivity contribution in [2.75, 3.05) is 7.11 Å². The summed E-state index contributed by atoms with van der Waals surface area (Å²) >= 11 is 0. The summed E-state index contributed by atoms with van der Waals surface area (Å²) in [4.78, 5) is 27.2. The van der Waals surface area contributed by atoms with Gasteiger partial charge in [0.2, 0.25) is 0 Å². The quantitative estimate of drug-likeness (QED) is 0.421. The molecule has 2 aromatic carbocycles. The number of allylic oxidation sites excluding steroid dienone is 1. The molecule has 0 aliphatic carbocycles. The summed E-state index contributed by atoms with van der Waals surface area (Å²) in [6, 6.07) is 20.3. The van der Waals surface area contributed by atoms with Gasteiger partial charge in [-0.1, -0.05) is 30.3 Å². The normalized spacial score (nSPS) is 15.0. The molecule has 0 bridgehead atoms. The van der Waals surface area contributed by atoms with Crippen LogP contribution >= 0.6 is 0 Å². The Labute approximate surface area is 180 Å². The molecule has 6 heteroatoms. The number of para-hydroxylation sites is 1. The first kappa shape index (κ1) is 20.2. The van der Waals surface area contributed by atoms with E-state index in [-0.39, 0.29) is 23.6 Å². The van der Waals surface area contributed by atoms with E-state index in [0.717, 1.165) is 5.56 Å². The minimum Gasteiger partial charge on any atom is -0.467 e. The zero-order valence-electron chi connectivity index (χ0n) is 17.2. The predicted molar refractivity (Wildman–Crippen MR) is 115 cm³/mol. The van der Waals surface area contributed by atoms with E-state index in [1.54, 1.807) is 31.4 Å². The van der Waals surface area contributed by atoms with E-state index in [1.165, 1.54) is 12.0 Å². The number of carbonyl (C=O) groups excluding carboxylic acids is 2. The van der Waals surface area contributed by atoms with Crippen molar-refractivity contribution in [3.05, 3.63) is 101 Å². The number of esters is 1. The summed E-state index contributed by atoms with van der Waals surface area (Å²) in [6.07, 6.45) is 3.23. The largest absolute Gasteiger partial charge is 0.467 e. The van der Waals surface area contributed by atoms with Gasteiger partial charge >= 0.3 is 5.97 Å². The van der Waals surface area contributed by atoms with E-state index in [1.807, 2.05) is 54.6 Å². The number of methoxy groups -OCH3 is 1. The number of furan rings is 1. The van der Waals surface area contributed by atoms with Crippen molar-refractivity contribution in [1.82, 2.24) is 4.90 Å². The number of rotatable bonds is 6. The fourth-order valence-corrected chi connectivity index (χ4v) is 3.44. The van der Waals surface area contributed by atoms with Crippen LogP contribution in [0, 0.1) is 0 Å². The Morgan fingerprint density at radius 1 is 1.03 bits per heavy atom. The monoisotopic (exact) mass is 415 g/mol. The highest BCUT2D eigenvalue weighted by atomic mass is 16.5. The first-order chi connectivity index (χ1) is 15.1. The Morgan fingerprint density at radius 3 is 2.52 bits per heavy atom. The standard InChI is InChI=1S/C25H21NO5/c1-17-23(25(28)29-2)22(24(27)26(17)16-21-12-7-13-30-21)15-18-8-6-11-20(14-18)31-19-9-4-3-5-10-19/h3-15H,16H2,1-2H3/b22-15-. The molecular formula is C25H21NO5.